The van der Waals surface area contributed by atoms with Gasteiger partial charge in [-0.1, -0.05) is 35.9 Å². The van der Waals surface area contributed by atoms with Crippen LogP contribution in [0.4, 0.5) is 0 Å². The van der Waals surface area contributed by atoms with Crippen LogP contribution in [0.3, 0.4) is 0 Å². The second-order valence-electron chi connectivity index (χ2n) is 5.75. The summed E-state index contributed by atoms with van der Waals surface area (Å²) < 4.78 is 5.49. The van der Waals surface area contributed by atoms with Gasteiger partial charge in [0.1, 0.15) is 6.10 Å². The Morgan fingerprint density at radius 1 is 1.05 bits per heavy atom. The fourth-order valence-electron chi connectivity index (χ4n) is 3.34. The lowest BCUT2D eigenvalue weighted by Crippen LogP contribution is -2.19. The van der Waals surface area contributed by atoms with Crippen molar-refractivity contribution in [3.05, 3.63) is 70.3 Å². The number of ketones is 1. The van der Waals surface area contributed by atoms with Crippen LogP contribution >= 0.6 is 0 Å². The number of aryl methyl sites for hydroxylation is 1. The molecule has 0 bridgehead atoms. The Labute approximate surface area is 122 Å². The average molecular weight is 278 g/mol. The van der Waals surface area contributed by atoms with Crippen LogP contribution in [0.25, 0.3) is 0 Å². The summed E-state index contributed by atoms with van der Waals surface area (Å²) in [5.41, 5.74) is 4.33. The summed E-state index contributed by atoms with van der Waals surface area (Å²) >= 11 is 0. The summed E-state index contributed by atoms with van der Waals surface area (Å²) in [6, 6.07) is 13.3. The summed E-state index contributed by atoms with van der Waals surface area (Å²) in [4.78, 5) is 24.6. The molecule has 0 amide bonds. The van der Waals surface area contributed by atoms with E-state index in [0.717, 1.165) is 22.3 Å². The van der Waals surface area contributed by atoms with Gasteiger partial charge in [-0.25, -0.2) is 4.79 Å². The quantitative estimate of drug-likeness (QED) is 0.752. The van der Waals surface area contributed by atoms with Crippen molar-refractivity contribution < 1.29 is 14.3 Å². The maximum Gasteiger partial charge on any atom is 0.339 e. The molecule has 0 saturated heterocycles. The van der Waals surface area contributed by atoms with E-state index in [0.29, 0.717) is 12.0 Å². The molecule has 0 fully saturated rings. The van der Waals surface area contributed by atoms with Crippen LogP contribution in [0.2, 0.25) is 0 Å². The van der Waals surface area contributed by atoms with E-state index in [1.165, 1.54) is 0 Å². The van der Waals surface area contributed by atoms with Crippen molar-refractivity contribution >= 4 is 11.8 Å². The lowest BCUT2D eigenvalue weighted by atomic mass is 9.91. The predicted molar refractivity (Wildman–Crippen MR) is 77.3 cm³/mol. The Bertz CT molecular complexity index is 776. The minimum absolute atomic E-state index is 0.0863. The fraction of sp³-hybridized carbons (Fsp3) is 0.222. The largest absolute Gasteiger partial charge is 0.453 e. The summed E-state index contributed by atoms with van der Waals surface area (Å²) in [6.07, 6.45) is 0.190. The van der Waals surface area contributed by atoms with Crippen LogP contribution in [-0.4, -0.2) is 11.8 Å². The summed E-state index contributed by atoms with van der Waals surface area (Å²) in [7, 11) is 0. The Morgan fingerprint density at radius 2 is 1.86 bits per heavy atom. The van der Waals surface area contributed by atoms with E-state index in [4.69, 9.17) is 4.74 Å². The van der Waals surface area contributed by atoms with Crippen LogP contribution in [0.1, 0.15) is 43.5 Å². The van der Waals surface area contributed by atoms with E-state index in [2.05, 4.69) is 0 Å². The smallest absolute Gasteiger partial charge is 0.339 e. The van der Waals surface area contributed by atoms with Crippen molar-refractivity contribution in [3.8, 4) is 0 Å². The first-order valence-corrected chi connectivity index (χ1v) is 7.09. The summed E-state index contributed by atoms with van der Waals surface area (Å²) in [5.74, 6) is -0.534. The molecule has 2 atom stereocenters. The van der Waals surface area contributed by atoms with Crippen LogP contribution in [-0.2, 0) is 11.2 Å². The molecule has 1 heterocycles. The lowest BCUT2D eigenvalue weighted by Gasteiger charge is -2.16. The third-order valence-electron chi connectivity index (χ3n) is 4.39. The normalized spacial score (nSPS) is 22.9. The topological polar surface area (TPSA) is 43.4 Å². The first-order valence-electron chi connectivity index (χ1n) is 7.09. The molecule has 1 aliphatic heterocycles. The number of carbonyl (C=O) groups excluding carboxylic acids is 2. The molecule has 3 heteroatoms. The number of cyclic esters (lactones) is 1. The number of fused-ring (bicyclic) bond motifs is 2. The summed E-state index contributed by atoms with van der Waals surface area (Å²) in [5, 5.41) is 0. The van der Waals surface area contributed by atoms with Gasteiger partial charge in [0.15, 0.2) is 5.78 Å². The monoisotopic (exact) mass is 278 g/mol. The van der Waals surface area contributed by atoms with Gasteiger partial charge >= 0.3 is 5.97 Å². The van der Waals surface area contributed by atoms with Gasteiger partial charge in [-0.05, 0) is 31.0 Å². The minimum Gasteiger partial charge on any atom is -0.453 e. The number of hydrogen-bond acceptors (Lipinski definition) is 3. The van der Waals surface area contributed by atoms with Gasteiger partial charge in [0.2, 0.25) is 0 Å². The maximum atomic E-state index is 12.7. The van der Waals surface area contributed by atoms with E-state index in [9.17, 15) is 9.59 Å². The second-order valence-corrected chi connectivity index (χ2v) is 5.75. The molecule has 0 radical (unpaired) electrons. The van der Waals surface area contributed by atoms with Gasteiger partial charge in [-0.15, -0.1) is 0 Å². The number of esters is 1. The zero-order valence-electron chi connectivity index (χ0n) is 11.6. The van der Waals surface area contributed by atoms with Gasteiger partial charge in [0.25, 0.3) is 0 Å². The predicted octanol–water partition coefficient (Wildman–Crippen LogP) is 3.26. The third kappa shape index (κ3) is 1.74. The van der Waals surface area contributed by atoms with Gasteiger partial charge in [-0.3, -0.25) is 4.79 Å². The van der Waals surface area contributed by atoms with Crippen molar-refractivity contribution in [2.45, 2.75) is 19.4 Å². The van der Waals surface area contributed by atoms with Crippen LogP contribution in [0.5, 0.6) is 0 Å². The molecule has 0 spiro atoms. The van der Waals surface area contributed by atoms with Crippen molar-refractivity contribution in [2.75, 3.05) is 0 Å². The first kappa shape index (κ1) is 12.3. The van der Waals surface area contributed by atoms with Crippen LogP contribution in [0.15, 0.2) is 42.5 Å². The third-order valence-corrected chi connectivity index (χ3v) is 4.39. The Balaban J connectivity index is 1.75. The molecule has 1 aliphatic carbocycles. The highest BCUT2D eigenvalue weighted by Crippen LogP contribution is 2.42. The maximum absolute atomic E-state index is 12.7. The molecule has 0 N–H and O–H groups in total. The molecule has 2 aromatic rings. The highest BCUT2D eigenvalue weighted by Gasteiger charge is 2.43. The number of rotatable bonds is 1. The van der Waals surface area contributed by atoms with Crippen molar-refractivity contribution in [1.82, 2.24) is 0 Å². The first-order chi connectivity index (χ1) is 10.1. The summed E-state index contributed by atoms with van der Waals surface area (Å²) in [6.45, 7) is 1.98. The van der Waals surface area contributed by atoms with E-state index in [-0.39, 0.29) is 17.7 Å². The molecule has 0 saturated carbocycles. The van der Waals surface area contributed by atoms with Crippen molar-refractivity contribution in [1.29, 1.82) is 0 Å². The SMILES string of the molecule is Cc1ccc2c(c1)C(=O)[C@@H]([C@@H]1OC(=O)c3ccccc31)C2. The molecule has 3 nitrogen and oxygen atoms in total. The molecule has 21 heavy (non-hydrogen) atoms. The number of Topliss-reactive ketones (excluding diaryl/α,β-unsaturated/α-hetero) is 1. The van der Waals surface area contributed by atoms with Crippen LogP contribution in [0, 0.1) is 12.8 Å². The van der Waals surface area contributed by atoms with E-state index < -0.39 is 6.10 Å². The van der Waals surface area contributed by atoms with Gasteiger partial charge < -0.3 is 4.74 Å². The van der Waals surface area contributed by atoms with Crippen molar-refractivity contribution in [2.24, 2.45) is 5.92 Å². The molecular formula is C18H14O3. The fourth-order valence-corrected chi connectivity index (χ4v) is 3.34. The minimum atomic E-state index is -0.450. The average Bonchev–Trinajstić information content (AvgIpc) is 2.98. The zero-order chi connectivity index (χ0) is 14.6. The van der Waals surface area contributed by atoms with E-state index >= 15 is 0 Å². The molecule has 2 aromatic carbocycles. The molecular weight excluding hydrogens is 264 g/mol. The second kappa shape index (κ2) is 4.29. The standard InChI is InChI=1S/C18H14O3/c1-10-6-7-11-9-15(16(19)14(11)8-10)17-12-4-2-3-5-13(12)18(20)21-17/h2-8,15,17H,9H2,1H3/t15-,17+/m0/s1. The Morgan fingerprint density at radius 3 is 2.71 bits per heavy atom. The zero-order valence-corrected chi connectivity index (χ0v) is 11.6. The van der Waals surface area contributed by atoms with Gasteiger partial charge in [0, 0.05) is 11.1 Å². The van der Waals surface area contributed by atoms with Gasteiger partial charge in [0.05, 0.1) is 11.5 Å². The lowest BCUT2D eigenvalue weighted by molar-refractivity contribution is 0.0252. The number of carbonyl (C=O) groups is 2. The molecule has 0 unspecified atom stereocenters. The van der Waals surface area contributed by atoms with Crippen molar-refractivity contribution in [3.63, 3.8) is 0 Å². The van der Waals surface area contributed by atoms with Gasteiger partial charge in [-0.2, -0.15) is 0 Å². The molecule has 104 valence electrons. The number of benzene rings is 2. The highest BCUT2D eigenvalue weighted by atomic mass is 16.5. The number of hydrogen-bond donors (Lipinski definition) is 0. The Kier molecular flexibility index (Phi) is 2.52. The van der Waals surface area contributed by atoms with Crippen LogP contribution < -0.4 is 0 Å². The molecule has 4 rings (SSSR count). The number of ether oxygens (including phenoxy) is 1. The van der Waals surface area contributed by atoms with E-state index in [1.54, 1.807) is 6.07 Å². The highest BCUT2D eigenvalue weighted by molar-refractivity contribution is 6.04. The Hall–Kier alpha value is -2.42. The van der Waals surface area contributed by atoms with E-state index in [1.807, 2.05) is 43.3 Å². The molecule has 2 aliphatic rings. The molecule has 0 aromatic heterocycles.